The number of halogens is 3. The molecule has 0 fully saturated rings. The van der Waals surface area contributed by atoms with Gasteiger partial charge in [-0.3, -0.25) is 14.4 Å². The molecule has 1 aromatic heterocycles. The normalized spacial score (nSPS) is 11.0. The molecule has 0 saturated carbocycles. The molecule has 0 bridgehead atoms. The number of H-pyrrole nitrogens is 1. The quantitative estimate of drug-likeness (QED) is 0.797. The van der Waals surface area contributed by atoms with Crippen LogP contribution in [0.1, 0.15) is 16.1 Å². The molecule has 0 aliphatic heterocycles. The Labute approximate surface area is 116 Å². The maximum Gasteiger partial charge on any atom is 0.431 e. The zero-order chi connectivity index (χ0) is 16.2. The molecular formula is C12H11F3N2O4. The molecule has 0 aliphatic rings. The van der Waals surface area contributed by atoms with E-state index in [4.69, 9.17) is 5.11 Å². The minimum Gasteiger partial charge on any atom is -0.480 e. The van der Waals surface area contributed by atoms with Gasteiger partial charge in [0, 0.05) is 6.54 Å². The molecule has 1 heterocycles. The van der Waals surface area contributed by atoms with Crippen LogP contribution in [0.25, 0.3) is 0 Å². The lowest BCUT2D eigenvalue weighted by atomic mass is 10.2. The molecule has 0 spiro atoms. The molecule has 0 unspecified atom stereocenters. The van der Waals surface area contributed by atoms with Crippen molar-refractivity contribution in [1.82, 2.24) is 9.88 Å². The summed E-state index contributed by atoms with van der Waals surface area (Å²) in [7, 11) is 0. The summed E-state index contributed by atoms with van der Waals surface area (Å²) in [5.41, 5.74) is -3.11. The van der Waals surface area contributed by atoms with Crippen LogP contribution in [-0.4, -0.2) is 40.0 Å². The van der Waals surface area contributed by atoms with E-state index in [-0.39, 0.29) is 6.54 Å². The van der Waals surface area contributed by atoms with Crippen LogP contribution >= 0.6 is 0 Å². The van der Waals surface area contributed by atoms with Crippen molar-refractivity contribution >= 4 is 11.9 Å². The van der Waals surface area contributed by atoms with Crippen LogP contribution in [0.2, 0.25) is 0 Å². The maximum atomic E-state index is 12.4. The van der Waals surface area contributed by atoms with Crippen molar-refractivity contribution in [1.29, 1.82) is 0 Å². The molecule has 0 atom stereocenters. The highest BCUT2D eigenvalue weighted by molar-refractivity contribution is 5.95. The van der Waals surface area contributed by atoms with Crippen molar-refractivity contribution in [2.45, 2.75) is 6.18 Å². The van der Waals surface area contributed by atoms with Crippen LogP contribution in [-0.2, 0) is 11.0 Å². The minimum absolute atomic E-state index is 0.161. The van der Waals surface area contributed by atoms with E-state index in [9.17, 15) is 27.6 Å². The van der Waals surface area contributed by atoms with Crippen molar-refractivity contribution < 1.29 is 27.9 Å². The van der Waals surface area contributed by atoms with Crippen LogP contribution in [0.4, 0.5) is 13.2 Å². The molecule has 9 heteroatoms. The third-order valence-electron chi connectivity index (χ3n) is 2.41. The Hall–Kier alpha value is -2.58. The van der Waals surface area contributed by atoms with Gasteiger partial charge in [0.05, 0.1) is 0 Å². The smallest absolute Gasteiger partial charge is 0.431 e. The second-order valence-electron chi connectivity index (χ2n) is 3.98. The monoisotopic (exact) mass is 304 g/mol. The summed E-state index contributed by atoms with van der Waals surface area (Å²) in [6, 6.07) is 1.25. The number of nitrogens with one attached hydrogen (secondary N) is 1. The first kappa shape index (κ1) is 16.5. The number of carbonyl (C=O) groups excluding carboxylic acids is 1. The van der Waals surface area contributed by atoms with E-state index >= 15 is 0 Å². The molecule has 0 aliphatic carbocycles. The van der Waals surface area contributed by atoms with E-state index in [1.54, 1.807) is 4.98 Å². The Bertz CT molecular complexity index is 622. The first-order valence-electron chi connectivity index (χ1n) is 5.59. The molecule has 114 valence electrons. The number of carbonyl (C=O) groups is 2. The van der Waals surface area contributed by atoms with Gasteiger partial charge in [0.1, 0.15) is 17.8 Å². The molecule has 6 nitrogen and oxygen atoms in total. The number of hydrogen-bond acceptors (Lipinski definition) is 3. The van der Waals surface area contributed by atoms with E-state index in [0.29, 0.717) is 12.1 Å². The Morgan fingerprint density at radius 2 is 2.00 bits per heavy atom. The molecule has 1 amide bonds. The predicted molar refractivity (Wildman–Crippen MR) is 65.8 cm³/mol. The predicted octanol–water partition coefficient (Wildman–Crippen LogP) is 1.11. The maximum absolute atomic E-state index is 12.4. The second kappa shape index (κ2) is 6.25. The van der Waals surface area contributed by atoms with Crippen molar-refractivity contribution in [3.05, 3.63) is 46.4 Å². The fourth-order valence-electron chi connectivity index (χ4n) is 1.52. The topological polar surface area (TPSA) is 90.5 Å². The van der Waals surface area contributed by atoms with E-state index in [1.165, 1.54) is 6.08 Å². The summed E-state index contributed by atoms with van der Waals surface area (Å²) in [4.78, 5) is 36.5. The Balaban J connectivity index is 3.14. The summed E-state index contributed by atoms with van der Waals surface area (Å²) in [5, 5.41) is 8.66. The highest BCUT2D eigenvalue weighted by Crippen LogP contribution is 2.26. The number of aliphatic carboxylic acids is 1. The van der Waals surface area contributed by atoms with Crippen molar-refractivity contribution in [2.24, 2.45) is 0 Å². The van der Waals surface area contributed by atoms with Gasteiger partial charge in [-0.25, -0.2) is 0 Å². The lowest BCUT2D eigenvalue weighted by Gasteiger charge is -2.18. The second-order valence-corrected chi connectivity index (χ2v) is 3.98. The molecule has 0 saturated heterocycles. The van der Waals surface area contributed by atoms with Crippen LogP contribution < -0.4 is 5.56 Å². The van der Waals surface area contributed by atoms with Crippen LogP contribution in [0.5, 0.6) is 0 Å². The number of nitrogens with zero attached hydrogens (tertiary/aromatic N) is 1. The van der Waals surface area contributed by atoms with E-state index in [2.05, 4.69) is 6.58 Å². The summed E-state index contributed by atoms with van der Waals surface area (Å²) in [6.07, 6.45) is -3.51. The van der Waals surface area contributed by atoms with Crippen molar-refractivity contribution in [3.8, 4) is 0 Å². The number of amides is 1. The first-order valence-corrected chi connectivity index (χ1v) is 5.59. The molecule has 0 radical (unpaired) electrons. The summed E-state index contributed by atoms with van der Waals surface area (Å²) in [6.45, 7) is 2.47. The van der Waals surface area contributed by atoms with Gasteiger partial charge >= 0.3 is 12.1 Å². The van der Waals surface area contributed by atoms with Gasteiger partial charge in [-0.15, -0.1) is 6.58 Å². The van der Waals surface area contributed by atoms with Gasteiger partial charge < -0.3 is 15.0 Å². The zero-order valence-corrected chi connectivity index (χ0v) is 10.6. The standard InChI is InChI=1S/C12H11F3N2O4/c1-2-5-17(6-9(18)19)11(21)7-3-4-8(12(13,14)15)16-10(7)20/h2-4H,1,5-6H2,(H,16,20)(H,18,19). The summed E-state index contributed by atoms with van der Waals surface area (Å²) in [5.74, 6) is -2.32. The fourth-order valence-corrected chi connectivity index (χ4v) is 1.52. The number of aromatic nitrogens is 1. The lowest BCUT2D eigenvalue weighted by Crippen LogP contribution is -2.38. The number of pyridine rings is 1. The SMILES string of the molecule is C=CCN(CC(=O)O)C(=O)c1ccc(C(F)(F)F)[nH]c1=O. The number of alkyl halides is 3. The van der Waals surface area contributed by atoms with E-state index in [1.807, 2.05) is 0 Å². The van der Waals surface area contributed by atoms with Gasteiger partial charge in [0.2, 0.25) is 0 Å². The molecular weight excluding hydrogens is 293 g/mol. The number of carboxylic acids is 1. The van der Waals surface area contributed by atoms with Gasteiger partial charge in [-0.05, 0) is 12.1 Å². The molecule has 1 aromatic rings. The van der Waals surface area contributed by atoms with Crippen LogP contribution in [0.15, 0.2) is 29.6 Å². The average molecular weight is 304 g/mol. The average Bonchev–Trinajstić information content (AvgIpc) is 2.35. The number of aromatic amines is 1. The highest BCUT2D eigenvalue weighted by atomic mass is 19.4. The van der Waals surface area contributed by atoms with Gasteiger partial charge in [0.25, 0.3) is 11.5 Å². The van der Waals surface area contributed by atoms with E-state index < -0.39 is 41.4 Å². The number of hydrogen-bond donors (Lipinski definition) is 2. The Morgan fingerprint density at radius 1 is 1.38 bits per heavy atom. The van der Waals surface area contributed by atoms with Crippen molar-refractivity contribution in [3.63, 3.8) is 0 Å². The molecule has 2 N–H and O–H groups in total. The van der Waals surface area contributed by atoms with Gasteiger partial charge in [-0.1, -0.05) is 6.08 Å². The third kappa shape index (κ3) is 4.20. The first-order chi connectivity index (χ1) is 9.66. The highest BCUT2D eigenvalue weighted by Gasteiger charge is 2.32. The van der Waals surface area contributed by atoms with Crippen LogP contribution in [0.3, 0.4) is 0 Å². The van der Waals surface area contributed by atoms with E-state index in [0.717, 1.165) is 4.90 Å². The fraction of sp³-hybridized carbons (Fsp3) is 0.250. The lowest BCUT2D eigenvalue weighted by molar-refractivity contribution is -0.141. The minimum atomic E-state index is -4.75. The zero-order valence-electron chi connectivity index (χ0n) is 10.6. The molecule has 1 rings (SSSR count). The summed E-state index contributed by atoms with van der Waals surface area (Å²) < 4.78 is 37.2. The number of rotatable bonds is 5. The number of carboxylic acid groups (broad SMARTS) is 1. The van der Waals surface area contributed by atoms with Gasteiger partial charge in [0.15, 0.2) is 0 Å². The van der Waals surface area contributed by atoms with Crippen LogP contribution in [0, 0.1) is 0 Å². The summed E-state index contributed by atoms with van der Waals surface area (Å²) >= 11 is 0. The molecule has 21 heavy (non-hydrogen) atoms. The Morgan fingerprint density at radius 3 is 2.43 bits per heavy atom. The Kier molecular flexibility index (Phi) is 4.90. The molecule has 0 aromatic carbocycles. The largest absolute Gasteiger partial charge is 0.480 e. The van der Waals surface area contributed by atoms with Gasteiger partial charge in [-0.2, -0.15) is 13.2 Å². The van der Waals surface area contributed by atoms with Crippen molar-refractivity contribution in [2.75, 3.05) is 13.1 Å². The third-order valence-corrected chi connectivity index (χ3v) is 2.41.